The number of hydrogen-bond donors (Lipinski definition) is 1. The van der Waals surface area contributed by atoms with Gasteiger partial charge in [-0.2, -0.15) is 0 Å². The van der Waals surface area contributed by atoms with Gasteiger partial charge in [0.05, 0.1) is 23.6 Å². The molecule has 4 nitrogen and oxygen atoms in total. The van der Waals surface area contributed by atoms with E-state index in [2.05, 4.69) is 10.1 Å². The first-order valence-corrected chi connectivity index (χ1v) is 6.92. The van der Waals surface area contributed by atoms with Crippen molar-refractivity contribution in [1.82, 2.24) is 5.32 Å². The van der Waals surface area contributed by atoms with Crippen LogP contribution in [0.2, 0.25) is 10.0 Å². The number of carbonyl (C=O) groups excluding carboxylic acids is 2. The number of carbonyl (C=O) groups is 2. The van der Waals surface area contributed by atoms with Gasteiger partial charge in [-0.3, -0.25) is 4.79 Å². The molecular formula is C14H17Cl2NO3. The van der Waals surface area contributed by atoms with Crippen molar-refractivity contribution in [3.05, 3.63) is 33.8 Å². The topological polar surface area (TPSA) is 55.4 Å². The van der Waals surface area contributed by atoms with E-state index in [4.69, 9.17) is 23.2 Å². The monoisotopic (exact) mass is 317 g/mol. The number of ether oxygens (including phenoxy) is 1. The highest BCUT2D eigenvalue weighted by Gasteiger charge is 2.24. The van der Waals surface area contributed by atoms with Crippen molar-refractivity contribution in [3.63, 3.8) is 0 Å². The molecule has 0 saturated carbocycles. The number of esters is 1. The summed E-state index contributed by atoms with van der Waals surface area (Å²) in [6, 6.07) is 4.32. The summed E-state index contributed by atoms with van der Waals surface area (Å²) in [7, 11) is 1.29. The molecule has 0 spiro atoms. The molecule has 0 radical (unpaired) electrons. The quantitative estimate of drug-likeness (QED) is 0.850. The van der Waals surface area contributed by atoms with Crippen LogP contribution in [0.25, 0.3) is 0 Å². The van der Waals surface area contributed by atoms with Crippen LogP contribution in [0.15, 0.2) is 18.2 Å². The Bertz CT molecular complexity index is 503. The van der Waals surface area contributed by atoms with Crippen LogP contribution in [0.4, 0.5) is 0 Å². The van der Waals surface area contributed by atoms with Crippen LogP contribution in [-0.2, 0) is 20.7 Å². The summed E-state index contributed by atoms with van der Waals surface area (Å²) in [6.45, 7) is 3.67. The summed E-state index contributed by atoms with van der Waals surface area (Å²) >= 11 is 11.7. The molecule has 1 aromatic carbocycles. The maximum Gasteiger partial charge on any atom is 0.328 e. The SMILES string of the molecule is COC(=O)C(NC(=O)Cc1ccc(Cl)c(Cl)c1)C(C)C. The highest BCUT2D eigenvalue weighted by molar-refractivity contribution is 6.42. The molecule has 0 aliphatic rings. The molecule has 1 amide bonds. The standard InChI is InChI=1S/C14H17Cl2NO3/c1-8(2)13(14(19)20-3)17-12(18)7-9-4-5-10(15)11(16)6-9/h4-6,8,13H,7H2,1-3H3,(H,17,18). The van der Waals surface area contributed by atoms with Gasteiger partial charge < -0.3 is 10.1 Å². The molecule has 0 heterocycles. The molecule has 0 aromatic heterocycles. The molecule has 0 aliphatic carbocycles. The highest BCUT2D eigenvalue weighted by Crippen LogP contribution is 2.22. The largest absolute Gasteiger partial charge is 0.467 e. The first kappa shape index (κ1) is 16.8. The molecule has 1 aromatic rings. The zero-order chi connectivity index (χ0) is 15.3. The van der Waals surface area contributed by atoms with E-state index in [1.165, 1.54) is 7.11 Å². The van der Waals surface area contributed by atoms with E-state index in [1.54, 1.807) is 18.2 Å². The molecule has 1 atom stereocenters. The highest BCUT2D eigenvalue weighted by atomic mass is 35.5. The lowest BCUT2D eigenvalue weighted by Gasteiger charge is -2.19. The van der Waals surface area contributed by atoms with Gasteiger partial charge in [-0.05, 0) is 23.6 Å². The zero-order valence-electron chi connectivity index (χ0n) is 11.6. The fourth-order valence-corrected chi connectivity index (χ4v) is 2.00. The Balaban J connectivity index is 2.70. The summed E-state index contributed by atoms with van der Waals surface area (Å²) in [4.78, 5) is 23.5. The molecule has 110 valence electrons. The molecule has 0 aliphatic heterocycles. The molecule has 20 heavy (non-hydrogen) atoms. The fraction of sp³-hybridized carbons (Fsp3) is 0.429. The van der Waals surface area contributed by atoms with Crippen LogP contribution in [0.3, 0.4) is 0 Å². The van der Waals surface area contributed by atoms with Gasteiger partial charge in [0.1, 0.15) is 6.04 Å². The second-order valence-electron chi connectivity index (χ2n) is 4.74. The fourth-order valence-electron chi connectivity index (χ4n) is 1.68. The molecule has 1 N–H and O–H groups in total. The average Bonchev–Trinajstić information content (AvgIpc) is 2.39. The van der Waals surface area contributed by atoms with Gasteiger partial charge in [0.15, 0.2) is 0 Å². The van der Waals surface area contributed by atoms with Crippen molar-refractivity contribution < 1.29 is 14.3 Å². The van der Waals surface area contributed by atoms with E-state index in [0.717, 1.165) is 5.56 Å². The number of halogens is 2. The molecule has 0 saturated heterocycles. The van der Waals surface area contributed by atoms with Crippen molar-refractivity contribution in [2.45, 2.75) is 26.3 Å². The van der Waals surface area contributed by atoms with Gasteiger partial charge in [-0.1, -0.05) is 43.1 Å². The van der Waals surface area contributed by atoms with Crippen molar-refractivity contribution in [1.29, 1.82) is 0 Å². The van der Waals surface area contributed by atoms with Gasteiger partial charge in [-0.15, -0.1) is 0 Å². The third kappa shape index (κ3) is 4.69. The summed E-state index contributed by atoms with van der Waals surface area (Å²) in [5, 5.41) is 3.49. The molecule has 0 fully saturated rings. The molecule has 0 bridgehead atoms. The predicted molar refractivity (Wildman–Crippen MR) is 79.0 cm³/mol. The van der Waals surface area contributed by atoms with Crippen molar-refractivity contribution in [3.8, 4) is 0 Å². The third-order valence-electron chi connectivity index (χ3n) is 2.79. The van der Waals surface area contributed by atoms with Crippen LogP contribution in [-0.4, -0.2) is 25.0 Å². The van der Waals surface area contributed by atoms with Crippen LogP contribution >= 0.6 is 23.2 Å². The zero-order valence-corrected chi connectivity index (χ0v) is 13.1. The van der Waals surface area contributed by atoms with E-state index >= 15 is 0 Å². The van der Waals surface area contributed by atoms with Crippen molar-refractivity contribution >= 4 is 35.1 Å². The van der Waals surface area contributed by atoms with E-state index in [9.17, 15) is 9.59 Å². The lowest BCUT2D eigenvalue weighted by molar-refractivity contribution is -0.146. The Kier molecular flexibility index (Phi) is 6.30. The van der Waals surface area contributed by atoms with Gasteiger partial charge in [0, 0.05) is 0 Å². The van der Waals surface area contributed by atoms with Gasteiger partial charge in [0.2, 0.25) is 5.91 Å². The summed E-state index contributed by atoms with van der Waals surface area (Å²) in [6.07, 6.45) is 0.122. The van der Waals surface area contributed by atoms with E-state index < -0.39 is 12.0 Å². The number of hydrogen-bond acceptors (Lipinski definition) is 3. The number of benzene rings is 1. The average molecular weight is 318 g/mol. The first-order valence-electron chi connectivity index (χ1n) is 6.16. The number of rotatable bonds is 5. The summed E-state index contributed by atoms with van der Waals surface area (Å²) in [5.74, 6) is -0.782. The van der Waals surface area contributed by atoms with Gasteiger partial charge >= 0.3 is 5.97 Å². The Morgan fingerprint density at radius 2 is 1.90 bits per heavy atom. The number of nitrogens with one attached hydrogen (secondary N) is 1. The molecule has 1 unspecified atom stereocenters. The first-order chi connectivity index (χ1) is 9.35. The second-order valence-corrected chi connectivity index (χ2v) is 5.55. The van der Waals surface area contributed by atoms with Crippen molar-refractivity contribution in [2.24, 2.45) is 5.92 Å². The maximum absolute atomic E-state index is 11.9. The van der Waals surface area contributed by atoms with E-state index in [1.807, 2.05) is 13.8 Å². The van der Waals surface area contributed by atoms with E-state index in [0.29, 0.717) is 10.0 Å². The Hall–Kier alpha value is -1.26. The van der Waals surface area contributed by atoms with Crippen LogP contribution < -0.4 is 5.32 Å². The van der Waals surface area contributed by atoms with Crippen LogP contribution in [0, 0.1) is 5.92 Å². The van der Waals surface area contributed by atoms with Gasteiger partial charge in [-0.25, -0.2) is 4.79 Å². The van der Waals surface area contributed by atoms with Crippen molar-refractivity contribution in [2.75, 3.05) is 7.11 Å². The maximum atomic E-state index is 11.9. The second kappa shape index (κ2) is 7.50. The normalized spacial score (nSPS) is 12.1. The lowest BCUT2D eigenvalue weighted by Crippen LogP contribution is -2.45. The Morgan fingerprint density at radius 1 is 1.25 bits per heavy atom. The molecule has 6 heteroatoms. The summed E-state index contributed by atoms with van der Waals surface area (Å²) in [5.41, 5.74) is 0.726. The number of methoxy groups -OCH3 is 1. The van der Waals surface area contributed by atoms with E-state index in [-0.39, 0.29) is 18.2 Å². The van der Waals surface area contributed by atoms with Crippen LogP contribution in [0.5, 0.6) is 0 Å². The Labute approximate surface area is 128 Å². The molecular weight excluding hydrogens is 301 g/mol. The summed E-state index contributed by atoms with van der Waals surface area (Å²) < 4.78 is 4.67. The third-order valence-corrected chi connectivity index (χ3v) is 3.53. The molecule has 1 rings (SSSR count). The lowest BCUT2D eigenvalue weighted by atomic mass is 10.0. The number of amides is 1. The van der Waals surface area contributed by atoms with Gasteiger partial charge in [0.25, 0.3) is 0 Å². The minimum Gasteiger partial charge on any atom is -0.467 e. The van der Waals surface area contributed by atoms with Crippen LogP contribution in [0.1, 0.15) is 19.4 Å². The predicted octanol–water partition coefficient (Wildman–Crippen LogP) is 2.85. The Morgan fingerprint density at radius 3 is 2.40 bits per heavy atom. The minimum atomic E-state index is -0.657. The minimum absolute atomic E-state index is 0.0554. The smallest absolute Gasteiger partial charge is 0.328 e.